The van der Waals surface area contributed by atoms with Gasteiger partial charge in [-0.1, -0.05) is 0 Å². The zero-order valence-electron chi connectivity index (χ0n) is 13.4. The molecule has 5 aliphatic rings. The van der Waals surface area contributed by atoms with Crippen molar-refractivity contribution >= 4 is 5.91 Å². The number of hydrogen-bond acceptors (Lipinski definition) is 3. The molecule has 1 amide bonds. The average Bonchev–Trinajstić information content (AvgIpc) is 2.93. The highest BCUT2D eigenvalue weighted by atomic mass is 16.2. The summed E-state index contributed by atoms with van der Waals surface area (Å²) < 4.78 is 0. The Hall–Kier alpha value is -1.08. The number of rotatable bonds is 4. The Kier molecular flexibility index (Phi) is 3.45. The lowest BCUT2D eigenvalue weighted by molar-refractivity contribution is -0.122. The molecule has 0 unspecified atom stereocenters. The maximum atomic E-state index is 12.3. The molecule has 0 aromatic carbocycles. The smallest absolute Gasteiger partial charge is 0.235 e. The van der Waals surface area contributed by atoms with Gasteiger partial charge in [-0.05, 0) is 82.0 Å². The van der Waals surface area contributed by atoms with Gasteiger partial charge in [0.2, 0.25) is 5.91 Å². The third-order valence-corrected chi connectivity index (χ3v) is 6.71. The van der Waals surface area contributed by atoms with Crippen molar-refractivity contribution < 1.29 is 4.79 Å². The van der Waals surface area contributed by atoms with Gasteiger partial charge in [0, 0.05) is 5.54 Å². The van der Waals surface area contributed by atoms with E-state index < -0.39 is 5.54 Å². The predicted molar refractivity (Wildman–Crippen MR) is 83.9 cm³/mol. The zero-order chi connectivity index (χ0) is 15.2. The average molecular weight is 301 g/mol. The molecule has 5 saturated carbocycles. The van der Waals surface area contributed by atoms with Gasteiger partial charge in [-0.15, -0.1) is 0 Å². The van der Waals surface area contributed by atoms with Crippen molar-refractivity contribution in [2.75, 3.05) is 6.54 Å². The van der Waals surface area contributed by atoms with Crippen LogP contribution in [-0.2, 0) is 4.79 Å². The molecule has 0 aromatic heterocycles. The van der Waals surface area contributed by atoms with Crippen LogP contribution in [0.3, 0.4) is 0 Å². The quantitative estimate of drug-likeness (QED) is 0.838. The van der Waals surface area contributed by atoms with E-state index in [0.717, 1.165) is 43.4 Å². The zero-order valence-corrected chi connectivity index (χ0v) is 13.4. The van der Waals surface area contributed by atoms with Crippen LogP contribution in [0.25, 0.3) is 0 Å². The Morgan fingerprint density at radius 2 is 1.59 bits per heavy atom. The third kappa shape index (κ3) is 2.54. The first-order valence-electron chi connectivity index (χ1n) is 9.08. The van der Waals surface area contributed by atoms with Crippen molar-refractivity contribution in [3.8, 4) is 6.07 Å². The Bertz CT molecular complexity index is 466. The van der Waals surface area contributed by atoms with Gasteiger partial charge in [-0.3, -0.25) is 4.79 Å². The number of hydrogen-bond donors (Lipinski definition) is 2. The highest BCUT2D eigenvalue weighted by molar-refractivity contribution is 5.79. The van der Waals surface area contributed by atoms with E-state index in [2.05, 4.69) is 16.7 Å². The maximum absolute atomic E-state index is 12.3. The number of amides is 1. The molecule has 0 radical (unpaired) electrons. The first-order chi connectivity index (χ1) is 10.6. The summed E-state index contributed by atoms with van der Waals surface area (Å²) in [5.74, 6) is 2.69. The second kappa shape index (κ2) is 5.23. The van der Waals surface area contributed by atoms with E-state index in [4.69, 9.17) is 0 Å². The predicted octanol–water partition coefficient (Wildman–Crippen LogP) is 2.50. The number of nitrogens with zero attached hydrogens (tertiary/aromatic N) is 1. The first-order valence-corrected chi connectivity index (χ1v) is 9.08. The van der Waals surface area contributed by atoms with Crippen molar-refractivity contribution in [1.82, 2.24) is 10.6 Å². The van der Waals surface area contributed by atoms with Gasteiger partial charge in [0.05, 0.1) is 12.6 Å². The van der Waals surface area contributed by atoms with E-state index in [1.807, 2.05) is 0 Å². The van der Waals surface area contributed by atoms with Crippen molar-refractivity contribution in [2.45, 2.75) is 75.3 Å². The molecule has 120 valence electrons. The van der Waals surface area contributed by atoms with Gasteiger partial charge < -0.3 is 10.6 Å². The summed E-state index contributed by atoms with van der Waals surface area (Å²) in [7, 11) is 0. The van der Waals surface area contributed by atoms with Gasteiger partial charge in [0.1, 0.15) is 5.54 Å². The van der Waals surface area contributed by atoms with E-state index in [1.165, 1.54) is 38.5 Å². The summed E-state index contributed by atoms with van der Waals surface area (Å²) in [6.07, 6.45) is 11.8. The first kappa shape index (κ1) is 14.5. The Labute approximate surface area is 133 Å². The van der Waals surface area contributed by atoms with Crippen LogP contribution in [0, 0.1) is 29.1 Å². The van der Waals surface area contributed by atoms with Gasteiger partial charge >= 0.3 is 0 Å². The molecule has 5 aliphatic carbocycles. The minimum atomic E-state index is -0.583. The molecular formula is C18H27N3O. The Morgan fingerprint density at radius 1 is 1.05 bits per heavy atom. The molecule has 0 saturated heterocycles. The Balaban J connectivity index is 1.35. The fourth-order valence-corrected chi connectivity index (χ4v) is 6.15. The van der Waals surface area contributed by atoms with Crippen LogP contribution in [0.15, 0.2) is 0 Å². The van der Waals surface area contributed by atoms with Crippen molar-refractivity contribution in [3.05, 3.63) is 0 Å². The minimum Gasteiger partial charge on any atom is -0.337 e. The Morgan fingerprint density at radius 3 is 2.09 bits per heavy atom. The molecule has 5 fully saturated rings. The van der Waals surface area contributed by atoms with E-state index in [9.17, 15) is 10.1 Å². The molecule has 4 heteroatoms. The summed E-state index contributed by atoms with van der Waals surface area (Å²) in [6, 6.07) is 2.34. The topological polar surface area (TPSA) is 64.9 Å². The summed E-state index contributed by atoms with van der Waals surface area (Å²) in [4.78, 5) is 12.3. The summed E-state index contributed by atoms with van der Waals surface area (Å²) >= 11 is 0. The number of carbonyl (C=O) groups is 1. The minimum absolute atomic E-state index is 0.0131. The molecule has 2 N–H and O–H groups in total. The van der Waals surface area contributed by atoms with Crippen LogP contribution < -0.4 is 10.6 Å². The molecule has 0 atom stereocenters. The SMILES string of the molecule is N#CC1(NC(=O)CNC23CC4CC(CC(C4)C2)C3)CCCC1. The lowest BCUT2D eigenvalue weighted by Crippen LogP contribution is -2.60. The number of nitriles is 1. The standard InChI is InChI=1S/C18H27N3O/c19-12-17(3-1-2-4-17)21-16(22)11-20-18-8-13-5-14(9-18)7-15(6-13)10-18/h13-15,20H,1-11H2,(H,21,22). The van der Waals surface area contributed by atoms with Gasteiger partial charge in [0.15, 0.2) is 0 Å². The van der Waals surface area contributed by atoms with Crippen LogP contribution >= 0.6 is 0 Å². The fourth-order valence-electron chi connectivity index (χ4n) is 6.15. The van der Waals surface area contributed by atoms with Crippen molar-refractivity contribution in [1.29, 1.82) is 5.26 Å². The summed E-state index contributed by atoms with van der Waals surface area (Å²) in [6.45, 7) is 0.385. The van der Waals surface area contributed by atoms with Crippen LogP contribution in [0.5, 0.6) is 0 Å². The van der Waals surface area contributed by atoms with Crippen LogP contribution in [0.4, 0.5) is 0 Å². The van der Waals surface area contributed by atoms with Crippen molar-refractivity contribution in [3.63, 3.8) is 0 Å². The van der Waals surface area contributed by atoms with E-state index in [-0.39, 0.29) is 11.4 Å². The summed E-state index contributed by atoms with van der Waals surface area (Å²) in [5.41, 5.74) is -0.359. The van der Waals surface area contributed by atoms with E-state index in [1.54, 1.807) is 0 Å². The molecular weight excluding hydrogens is 274 g/mol. The third-order valence-electron chi connectivity index (χ3n) is 6.71. The monoisotopic (exact) mass is 301 g/mol. The molecule has 4 bridgehead atoms. The molecule has 0 aromatic rings. The summed E-state index contributed by atoms with van der Waals surface area (Å²) in [5, 5.41) is 16.0. The van der Waals surface area contributed by atoms with E-state index in [0.29, 0.717) is 6.54 Å². The molecule has 0 heterocycles. The fraction of sp³-hybridized carbons (Fsp3) is 0.889. The number of nitrogens with one attached hydrogen (secondary N) is 2. The molecule has 0 aliphatic heterocycles. The van der Waals surface area contributed by atoms with Gasteiger partial charge in [-0.2, -0.15) is 5.26 Å². The number of carbonyl (C=O) groups excluding carboxylic acids is 1. The maximum Gasteiger partial charge on any atom is 0.235 e. The molecule has 4 nitrogen and oxygen atoms in total. The molecule has 0 spiro atoms. The van der Waals surface area contributed by atoms with Gasteiger partial charge in [-0.25, -0.2) is 0 Å². The molecule has 5 rings (SSSR count). The largest absolute Gasteiger partial charge is 0.337 e. The lowest BCUT2D eigenvalue weighted by atomic mass is 9.53. The van der Waals surface area contributed by atoms with Crippen LogP contribution in [0.2, 0.25) is 0 Å². The highest BCUT2D eigenvalue weighted by Crippen LogP contribution is 2.55. The van der Waals surface area contributed by atoms with Crippen molar-refractivity contribution in [2.24, 2.45) is 17.8 Å². The van der Waals surface area contributed by atoms with E-state index >= 15 is 0 Å². The molecule has 22 heavy (non-hydrogen) atoms. The normalized spacial score (nSPS) is 41.3. The van der Waals surface area contributed by atoms with Crippen LogP contribution in [-0.4, -0.2) is 23.5 Å². The van der Waals surface area contributed by atoms with Crippen LogP contribution in [0.1, 0.15) is 64.2 Å². The second-order valence-electron chi connectivity index (χ2n) is 8.50. The second-order valence-corrected chi connectivity index (χ2v) is 8.50. The van der Waals surface area contributed by atoms with Gasteiger partial charge in [0.25, 0.3) is 0 Å². The lowest BCUT2D eigenvalue weighted by Gasteiger charge is -2.57. The highest BCUT2D eigenvalue weighted by Gasteiger charge is 2.50.